The number of ether oxygens (including phenoxy) is 1. The Morgan fingerprint density at radius 3 is 2.08 bits per heavy atom. The van der Waals surface area contributed by atoms with Gasteiger partial charge in [0.05, 0.1) is 0 Å². The van der Waals surface area contributed by atoms with Crippen LogP contribution in [0, 0.1) is 0 Å². The van der Waals surface area contributed by atoms with E-state index in [-0.39, 0.29) is 0 Å². The highest BCUT2D eigenvalue weighted by Crippen LogP contribution is 2.08. The molecule has 0 rings (SSSR count). The van der Waals surface area contributed by atoms with Gasteiger partial charge in [-0.2, -0.15) is 0 Å². The predicted octanol–water partition coefficient (Wildman–Crippen LogP) is 2.07. The van der Waals surface area contributed by atoms with Crippen molar-refractivity contribution in [2.24, 2.45) is 0 Å². The van der Waals surface area contributed by atoms with E-state index in [1.807, 2.05) is 0 Å². The van der Waals surface area contributed by atoms with Crippen LogP contribution < -0.4 is 5.32 Å². The van der Waals surface area contributed by atoms with Gasteiger partial charge in [0.15, 0.2) is 0 Å². The van der Waals surface area contributed by atoms with Gasteiger partial charge in [0.2, 0.25) is 6.30 Å². The Bertz CT molecular complexity index is 179. The molecule has 0 aromatic rings. The van der Waals surface area contributed by atoms with Gasteiger partial charge in [-0.05, 0) is 20.8 Å². The maximum absolute atomic E-state index is 12.2. The zero-order valence-corrected chi connectivity index (χ0v) is 7.61. The zero-order chi connectivity index (χ0) is 10.6. The van der Waals surface area contributed by atoms with Gasteiger partial charge >= 0.3 is 6.09 Å². The normalized spacial score (nSPS) is 14.1. The van der Waals surface area contributed by atoms with Gasteiger partial charge in [0.25, 0.3) is 6.43 Å². The van der Waals surface area contributed by atoms with E-state index in [4.69, 9.17) is 0 Å². The Morgan fingerprint density at radius 2 is 1.77 bits per heavy atom. The van der Waals surface area contributed by atoms with Crippen LogP contribution in [-0.4, -0.2) is 24.4 Å². The van der Waals surface area contributed by atoms with Gasteiger partial charge in [0, 0.05) is 0 Å². The summed E-state index contributed by atoms with van der Waals surface area (Å²) in [6.07, 6.45) is -7.12. The first kappa shape index (κ1) is 12.1. The molecule has 0 bridgehead atoms. The lowest BCUT2D eigenvalue weighted by atomic mass is 10.2. The molecule has 0 saturated carbocycles. The van der Waals surface area contributed by atoms with Crippen LogP contribution in [0.2, 0.25) is 0 Å². The average Bonchev–Trinajstić information content (AvgIpc) is 1.81. The van der Waals surface area contributed by atoms with Crippen molar-refractivity contribution in [1.82, 2.24) is 5.32 Å². The molecule has 3 nitrogen and oxygen atoms in total. The van der Waals surface area contributed by atoms with E-state index in [2.05, 4.69) is 4.74 Å². The standard InChI is InChI=1S/C7H12F3NO2/c1-7(2,3)13-6(12)11-5(10)4(8)9/h4-5H,1-3H3,(H,11,12). The van der Waals surface area contributed by atoms with E-state index in [1.54, 1.807) is 20.8 Å². The number of alkyl carbamates (subject to hydrolysis) is 1. The van der Waals surface area contributed by atoms with Crippen molar-refractivity contribution in [3.05, 3.63) is 0 Å². The number of hydrogen-bond acceptors (Lipinski definition) is 2. The summed E-state index contributed by atoms with van der Waals surface area (Å²) in [5.41, 5.74) is -0.827. The van der Waals surface area contributed by atoms with Crippen molar-refractivity contribution in [3.63, 3.8) is 0 Å². The van der Waals surface area contributed by atoms with Crippen molar-refractivity contribution in [3.8, 4) is 0 Å². The first-order valence-electron chi connectivity index (χ1n) is 3.64. The first-order chi connectivity index (χ1) is 5.72. The third-order valence-corrected chi connectivity index (χ3v) is 0.876. The van der Waals surface area contributed by atoms with Gasteiger partial charge in [-0.3, -0.25) is 5.32 Å². The molecular formula is C7H12F3NO2. The molecule has 1 unspecified atom stereocenters. The molecule has 0 aliphatic carbocycles. The average molecular weight is 199 g/mol. The minimum absolute atomic E-state index is 0.827. The predicted molar refractivity (Wildman–Crippen MR) is 40.3 cm³/mol. The highest BCUT2D eigenvalue weighted by Gasteiger charge is 2.24. The van der Waals surface area contributed by atoms with Crippen LogP contribution in [-0.2, 0) is 4.74 Å². The summed E-state index contributed by atoms with van der Waals surface area (Å²) >= 11 is 0. The summed E-state index contributed by atoms with van der Waals surface area (Å²) in [5.74, 6) is 0. The molecule has 1 N–H and O–H groups in total. The summed E-state index contributed by atoms with van der Waals surface area (Å²) in [4.78, 5) is 10.7. The van der Waals surface area contributed by atoms with Crippen molar-refractivity contribution in [1.29, 1.82) is 0 Å². The lowest BCUT2D eigenvalue weighted by Crippen LogP contribution is -2.40. The number of nitrogens with one attached hydrogen (secondary N) is 1. The molecular weight excluding hydrogens is 187 g/mol. The van der Waals surface area contributed by atoms with Crippen LogP contribution in [0.1, 0.15) is 20.8 Å². The topological polar surface area (TPSA) is 38.3 Å². The second-order valence-electron chi connectivity index (χ2n) is 3.38. The SMILES string of the molecule is CC(C)(C)OC(=O)NC(F)C(F)F. The number of amides is 1. The summed E-state index contributed by atoms with van der Waals surface area (Å²) in [6, 6.07) is 0. The third-order valence-electron chi connectivity index (χ3n) is 0.876. The van der Waals surface area contributed by atoms with Crippen LogP contribution in [0.5, 0.6) is 0 Å². The minimum atomic E-state index is -3.24. The molecule has 0 aliphatic rings. The number of carbonyl (C=O) groups is 1. The Hall–Kier alpha value is -0.940. The van der Waals surface area contributed by atoms with Gasteiger partial charge in [-0.15, -0.1) is 0 Å². The number of rotatable bonds is 2. The fourth-order valence-electron chi connectivity index (χ4n) is 0.483. The maximum Gasteiger partial charge on any atom is 0.410 e. The Kier molecular flexibility index (Phi) is 4.03. The summed E-state index contributed by atoms with van der Waals surface area (Å²) < 4.78 is 39.9. The second-order valence-corrected chi connectivity index (χ2v) is 3.38. The van der Waals surface area contributed by atoms with Crippen molar-refractivity contribution in [2.75, 3.05) is 0 Å². The number of hydrogen-bond donors (Lipinski definition) is 1. The summed E-state index contributed by atoms with van der Waals surface area (Å²) in [7, 11) is 0. The van der Waals surface area contributed by atoms with E-state index in [0.717, 1.165) is 0 Å². The van der Waals surface area contributed by atoms with Gasteiger partial charge in [-0.25, -0.2) is 18.0 Å². The Labute approximate surface area is 74.3 Å². The fraction of sp³-hybridized carbons (Fsp3) is 0.857. The Morgan fingerprint density at radius 1 is 1.31 bits per heavy atom. The van der Waals surface area contributed by atoms with Crippen LogP contribution in [0.25, 0.3) is 0 Å². The molecule has 0 aromatic heterocycles. The molecule has 1 amide bonds. The maximum atomic E-state index is 12.2. The highest BCUT2D eigenvalue weighted by molar-refractivity contribution is 5.67. The molecule has 0 fully saturated rings. The van der Waals surface area contributed by atoms with E-state index in [1.165, 1.54) is 5.32 Å². The minimum Gasteiger partial charge on any atom is -0.444 e. The number of carbonyl (C=O) groups excluding carboxylic acids is 1. The van der Waals surface area contributed by atoms with Crippen LogP contribution >= 0.6 is 0 Å². The van der Waals surface area contributed by atoms with Crippen LogP contribution in [0.4, 0.5) is 18.0 Å². The van der Waals surface area contributed by atoms with Crippen LogP contribution in [0.3, 0.4) is 0 Å². The van der Waals surface area contributed by atoms with Crippen molar-refractivity contribution < 1.29 is 22.7 Å². The molecule has 0 radical (unpaired) electrons. The lowest BCUT2D eigenvalue weighted by molar-refractivity contribution is 0.00832. The Balaban J connectivity index is 3.89. The summed E-state index contributed by atoms with van der Waals surface area (Å²) in [6.45, 7) is 4.63. The first-order valence-corrected chi connectivity index (χ1v) is 3.64. The molecule has 6 heteroatoms. The monoisotopic (exact) mass is 199 g/mol. The summed E-state index contributed by atoms with van der Waals surface area (Å²) in [5, 5.41) is 1.36. The van der Waals surface area contributed by atoms with E-state index in [9.17, 15) is 18.0 Å². The van der Waals surface area contributed by atoms with Crippen molar-refractivity contribution >= 4 is 6.09 Å². The molecule has 0 saturated heterocycles. The zero-order valence-electron chi connectivity index (χ0n) is 7.61. The second kappa shape index (κ2) is 4.34. The molecule has 13 heavy (non-hydrogen) atoms. The molecule has 0 spiro atoms. The van der Waals surface area contributed by atoms with E-state index >= 15 is 0 Å². The largest absolute Gasteiger partial charge is 0.444 e. The number of alkyl halides is 3. The van der Waals surface area contributed by atoms with Gasteiger partial charge in [-0.1, -0.05) is 0 Å². The highest BCUT2D eigenvalue weighted by atomic mass is 19.3. The van der Waals surface area contributed by atoms with Crippen molar-refractivity contribution in [2.45, 2.75) is 39.1 Å². The molecule has 78 valence electrons. The molecule has 0 aliphatic heterocycles. The van der Waals surface area contributed by atoms with E-state index < -0.39 is 24.4 Å². The van der Waals surface area contributed by atoms with Gasteiger partial charge < -0.3 is 4.74 Å². The molecule has 0 aromatic carbocycles. The lowest BCUT2D eigenvalue weighted by Gasteiger charge is -2.20. The van der Waals surface area contributed by atoms with E-state index in [0.29, 0.717) is 0 Å². The quantitative estimate of drug-likeness (QED) is 0.691. The fourth-order valence-corrected chi connectivity index (χ4v) is 0.483. The smallest absolute Gasteiger partial charge is 0.410 e. The molecule has 1 atom stereocenters. The molecule has 0 heterocycles. The number of halogens is 3. The third kappa shape index (κ3) is 6.24. The van der Waals surface area contributed by atoms with Gasteiger partial charge in [0.1, 0.15) is 5.60 Å². The van der Waals surface area contributed by atoms with Crippen LogP contribution in [0.15, 0.2) is 0 Å².